The first-order chi connectivity index (χ1) is 8.27. The third kappa shape index (κ3) is 3.16. The van der Waals surface area contributed by atoms with Gasteiger partial charge in [-0.15, -0.1) is 0 Å². The van der Waals surface area contributed by atoms with E-state index in [0.29, 0.717) is 6.61 Å². The molecular formula is C14H18NO2+. The molecule has 1 N–H and O–H groups in total. The quantitative estimate of drug-likeness (QED) is 0.600. The Kier molecular flexibility index (Phi) is 3.91. The number of ether oxygens (including phenoxy) is 1. The molecule has 2 rings (SSSR count). The molecule has 1 aromatic carbocycles. The summed E-state index contributed by atoms with van der Waals surface area (Å²) in [6, 6.07) is 10.3. The SMILES string of the molecule is CC(=[NH+]CCc1ccccc1)[C@@H]1CCOC1=O. The lowest BCUT2D eigenvalue weighted by molar-refractivity contribution is -0.459. The third-order valence-electron chi connectivity index (χ3n) is 3.12. The summed E-state index contributed by atoms with van der Waals surface area (Å²) in [5.41, 5.74) is 2.34. The maximum Gasteiger partial charge on any atom is 0.319 e. The van der Waals surface area contributed by atoms with Crippen molar-refractivity contribution in [2.24, 2.45) is 5.92 Å². The topological polar surface area (TPSA) is 40.3 Å². The Morgan fingerprint density at radius 2 is 2.18 bits per heavy atom. The van der Waals surface area contributed by atoms with Gasteiger partial charge in [-0.3, -0.25) is 4.79 Å². The van der Waals surface area contributed by atoms with Crippen molar-refractivity contribution in [3.05, 3.63) is 35.9 Å². The highest BCUT2D eigenvalue weighted by Crippen LogP contribution is 2.13. The Hall–Kier alpha value is -1.64. The van der Waals surface area contributed by atoms with E-state index >= 15 is 0 Å². The summed E-state index contributed by atoms with van der Waals surface area (Å²) in [4.78, 5) is 14.7. The first kappa shape index (κ1) is 11.8. The molecule has 1 aliphatic rings. The Morgan fingerprint density at radius 3 is 2.82 bits per heavy atom. The van der Waals surface area contributed by atoms with E-state index in [2.05, 4.69) is 17.1 Å². The number of nitrogens with one attached hydrogen (secondary N) is 1. The minimum absolute atomic E-state index is 0.0502. The molecule has 0 radical (unpaired) electrons. The van der Waals surface area contributed by atoms with Crippen LogP contribution in [0.2, 0.25) is 0 Å². The van der Waals surface area contributed by atoms with Gasteiger partial charge in [-0.05, 0) is 5.56 Å². The Balaban J connectivity index is 1.86. The fourth-order valence-electron chi connectivity index (χ4n) is 2.06. The molecule has 17 heavy (non-hydrogen) atoms. The van der Waals surface area contributed by atoms with E-state index in [1.165, 1.54) is 5.56 Å². The average molecular weight is 232 g/mol. The minimum Gasteiger partial charge on any atom is -0.465 e. The maximum absolute atomic E-state index is 11.4. The summed E-state index contributed by atoms with van der Waals surface area (Å²) in [6.45, 7) is 3.39. The van der Waals surface area contributed by atoms with Crippen LogP contribution in [0.15, 0.2) is 30.3 Å². The van der Waals surface area contributed by atoms with Gasteiger partial charge in [-0.25, -0.2) is 4.99 Å². The lowest BCUT2D eigenvalue weighted by Crippen LogP contribution is -2.74. The second-order valence-corrected chi connectivity index (χ2v) is 4.35. The van der Waals surface area contributed by atoms with E-state index in [1.54, 1.807) is 0 Å². The van der Waals surface area contributed by atoms with E-state index < -0.39 is 0 Å². The van der Waals surface area contributed by atoms with Crippen molar-refractivity contribution in [3.8, 4) is 0 Å². The van der Waals surface area contributed by atoms with Crippen molar-refractivity contribution in [2.75, 3.05) is 13.2 Å². The van der Waals surface area contributed by atoms with Crippen LogP contribution in [-0.4, -0.2) is 24.8 Å². The number of cyclic esters (lactones) is 1. The fraction of sp³-hybridized carbons (Fsp3) is 0.429. The fourth-order valence-corrected chi connectivity index (χ4v) is 2.06. The summed E-state index contributed by atoms with van der Waals surface area (Å²) in [6.07, 6.45) is 1.78. The molecule has 1 saturated heterocycles. The van der Waals surface area contributed by atoms with Crippen molar-refractivity contribution < 1.29 is 14.5 Å². The molecule has 0 unspecified atom stereocenters. The predicted octanol–water partition coefficient (Wildman–Crippen LogP) is 0.334. The molecule has 0 aromatic heterocycles. The molecule has 1 aromatic rings. The van der Waals surface area contributed by atoms with Gasteiger partial charge in [0.1, 0.15) is 12.5 Å². The van der Waals surface area contributed by atoms with Gasteiger partial charge >= 0.3 is 5.97 Å². The van der Waals surface area contributed by atoms with E-state index in [1.807, 2.05) is 25.1 Å². The first-order valence-corrected chi connectivity index (χ1v) is 6.05. The van der Waals surface area contributed by atoms with Crippen LogP contribution < -0.4 is 4.99 Å². The number of hydrogen-bond donors (Lipinski definition) is 1. The van der Waals surface area contributed by atoms with E-state index in [4.69, 9.17) is 4.74 Å². The number of benzene rings is 1. The third-order valence-corrected chi connectivity index (χ3v) is 3.12. The molecule has 3 nitrogen and oxygen atoms in total. The number of esters is 1. The monoisotopic (exact) mass is 232 g/mol. The summed E-state index contributed by atoms with van der Waals surface area (Å²) in [5.74, 6) is -0.138. The van der Waals surface area contributed by atoms with Crippen LogP contribution in [0.5, 0.6) is 0 Å². The summed E-state index contributed by atoms with van der Waals surface area (Å²) in [5, 5.41) is 0. The van der Waals surface area contributed by atoms with Gasteiger partial charge in [-0.1, -0.05) is 30.3 Å². The van der Waals surface area contributed by atoms with Gasteiger partial charge in [0.05, 0.1) is 6.61 Å². The smallest absolute Gasteiger partial charge is 0.319 e. The van der Waals surface area contributed by atoms with Crippen molar-refractivity contribution in [2.45, 2.75) is 19.8 Å². The minimum atomic E-state index is -0.0882. The van der Waals surface area contributed by atoms with Crippen molar-refractivity contribution in [3.63, 3.8) is 0 Å². The normalized spacial score (nSPS) is 20.4. The van der Waals surface area contributed by atoms with Crippen LogP contribution in [0, 0.1) is 5.92 Å². The zero-order chi connectivity index (χ0) is 12.1. The molecule has 3 heteroatoms. The van der Waals surface area contributed by atoms with Crippen LogP contribution >= 0.6 is 0 Å². The highest BCUT2D eigenvalue weighted by Gasteiger charge is 2.32. The molecule has 0 saturated carbocycles. The molecule has 1 fully saturated rings. The van der Waals surface area contributed by atoms with Crippen LogP contribution in [0.3, 0.4) is 0 Å². The largest absolute Gasteiger partial charge is 0.465 e. The van der Waals surface area contributed by atoms with Crippen LogP contribution in [0.1, 0.15) is 18.9 Å². The van der Waals surface area contributed by atoms with Gasteiger partial charge in [0.15, 0.2) is 5.71 Å². The van der Waals surface area contributed by atoms with Crippen LogP contribution in [0.4, 0.5) is 0 Å². The van der Waals surface area contributed by atoms with E-state index in [-0.39, 0.29) is 11.9 Å². The Bertz CT molecular complexity index is 411. The summed E-state index contributed by atoms with van der Waals surface area (Å²) < 4.78 is 4.95. The highest BCUT2D eigenvalue weighted by atomic mass is 16.5. The first-order valence-electron chi connectivity index (χ1n) is 6.05. The number of rotatable bonds is 4. The van der Waals surface area contributed by atoms with Gasteiger partial charge in [0.25, 0.3) is 0 Å². The molecule has 0 spiro atoms. The molecule has 0 bridgehead atoms. The zero-order valence-corrected chi connectivity index (χ0v) is 10.1. The van der Waals surface area contributed by atoms with Gasteiger partial charge in [-0.2, -0.15) is 0 Å². The van der Waals surface area contributed by atoms with Crippen molar-refractivity contribution in [1.82, 2.24) is 0 Å². The average Bonchev–Trinajstić information content (AvgIpc) is 2.77. The van der Waals surface area contributed by atoms with Crippen LogP contribution in [-0.2, 0) is 16.0 Å². The number of carbonyl (C=O) groups is 1. The molecular weight excluding hydrogens is 214 g/mol. The lowest BCUT2D eigenvalue weighted by atomic mass is 10.0. The van der Waals surface area contributed by atoms with Gasteiger partial charge in [0, 0.05) is 19.8 Å². The summed E-state index contributed by atoms with van der Waals surface area (Å²) in [7, 11) is 0. The van der Waals surface area contributed by atoms with E-state index in [0.717, 1.165) is 25.1 Å². The molecule has 1 heterocycles. The Morgan fingerprint density at radius 1 is 1.41 bits per heavy atom. The zero-order valence-electron chi connectivity index (χ0n) is 10.1. The molecule has 1 atom stereocenters. The number of hydrogen-bond acceptors (Lipinski definition) is 2. The molecule has 0 aliphatic carbocycles. The standard InChI is InChI=1S/C14H17NO2/c1-11(13-8-10-17-14(13)16)15-9-7-12-5-3-2-4-6-12/h2-6,13H,7-10H2,1H3/p+1/t13-/m0/s1. The lowest BCUT2D eigenvalue weighted by Gasteiger charge is -2.00. The molecule has 0 amide bonds. The molecule has 90 valence electrons. The van der Waals surface area contributed by atoms with Gasteiger partial charge in [0.2, 0.25) is 0 Å². The van der Waals surface area contributed by atoms with Gasteiger partial charge < -0.3 is 4.74 Å². The van der Waals surface area contributed by atoms with E-state index in [9.17, 15) is 4.79 Å². The second kappa shape index (κ2) is 5.62. The van der Waals surface area contributed by atoms with Crippen molar-refractivity contribution >= 4 is 11.7 Å². The summed E-state index contributed by atoms with van der Waals surface area (Å²) >= 11 is 0. The van der Waals surface area contributed by atoms with Crippen LogP contribution in [0.25, 0.3) is 0 Å². The number of carbonyl (C=O) groups excluding carboxylic acids is 1. The second-order valence-electron chi connectivity index (χ2n) is 4.35. The predicted molar refractivity (Wildman–Crippen MR) is 65.7 cm³/mol. The van der Waals surface area contributed by atoms with Crippen molar-refractivity contribution in [1.29, 1.82) is 0 Å². The Labute approximate surface area is 102 Å². The molecule has 1 aliphatic heterocycles. The maximum atomic E-state index is 11.4. The highest BCUT2D eigenvalue weighted by molar-refractivity contribution is 5.98.